The van der Waals surface area contributed by atoms with Crippen LogP contribution in [0.3, 0.4) is 0 Å². The predicted molar refractivity (Wildman–Crippen MR) is 105 cm³/mol. The molecule has 176 valence electrons. The summed E-state index contributed by atoms with van der Waals surface area (Å²) in [4.78, 5) is 12.7. The summed E-state index contributed by atoms with van der Waals surface area (Å²) < 4.78 is 52.2. The number of aliphatic hydroxyl groups is 1. The van der Waals surface area contributed by atoms with Crippen LogP contribution < -0.4 is 0 Å². The van der Waals surface area contributed by atoms with Gasteiger partial charge in [0.15, 0.2) is 5.60 Å². The molecule has 0 spiro atoms. The number of carbonyl (C=O) groups excluding carboxylic acids is 1. The molecular formula is C22H21F3N2O6. The third-order valence-corrected chi connectivity index (χ3v) is 6.40. The van der Waals surface area contributed by atoms with Gasteiger partial charge in [0.1, 0.15) is 11.2 Å². The molecule has 3 atom stereocenters. The summed E-state index contributed by atoms with van der Waals surface area (Å²) in [6, 6.07) is 4.16. The van der Waals surface area contributed by atoms with Crippen molar-refractivity contribution in [3.05, 3.63) is 40.5 Å². The molecule has 2 aliphatic heterocycles. The van der Waals surface area contributed by atoms with Crippen LogP contribution in [-0.2, 0) is 31.6 Å². The molecule has 1 aromatic carbocycles. The molecule has 4 rings (SSSR count). The molecule has 1 saturated heterocycles. The number of aromatic nitrogens is 1. The van der Waals surface area contributed by atoms with Gasteiger partial charge >= 0.3 is 12.1 Å². The third-order valence-electron chi connectivity index (χ3n) is 6.40. The molecule has 33 heavy (non-hydrogen) atoms. The molecule has 0 saturated carbocycles. The smallest absolute Gasteiger partial charge is 0.417 e. The van der Waals surface area contributed by atoms with Crippen molar-refractivity contribution >= 4 is 5.97 Å². The maximum absolute atomic E-state index is 13.5. The Hall–Kier alpha value is -3.23. The monoisotopic (exact) mass is 466 g/mol. The SMILES string of the molecule is CCCOC(=O)[C@]1(O)CC2(C)OC1(C)c1c2c(O)n(-c2ccc(C#N)c(C(F)(F)F)c2)c1O. The lowest BCUT2D eigenvalue weighted by Crippen LogP contribution is -2.54. The number of rotatable bonds is 4. The number of esters is 1. The Morgan fingerprint density at radius 3 is 2.48 bits per heavy atom. The first-order valence-electron chi connectivity index (χ1n) is 10.1. The molecule has 1 aromatic heterocycles. The highest BCUT2D eigenvalue weighted by Crippen LogP contribution is 2.68. The highest BCUT2D eigenvalue weighted by Gasteiger charge is 2.74. The van der Waals surface area contributed by atoms with E-state index in [1.54, 1.807) is 6.92 Å². The van der Waals surface area contributed by atoms with E-state index in [0.717, 1.165) is 16.7 Å². The Labute approximate surface area is 186 Å². The zero-order valence-electron chi connectivity index (χ0n) is 17.9. The van der Waals surface area contributed by atoms with Crippen LogP contribution in [0, 0.1) is 11.3 Å². The van der Waals surface area contributed by atoms with Crippen molar-refractivity contribution in [1.29, 1.82) is 5.26 Å². The minimum absolute atomic E-state index is 0.0461. The first-order chi connectivity index (χ1) is 15.2. The number of alkyl halides is 3. The fourth-order valence-corrected chi connectivity index (χ4v) is 4.95. The molecule has 1 fully saturated rings. The summed E-state index contributed by atoms with van der Waals surface area (Å²) in [5, 5.41) is 42.2. The normalized spacial score (nSPS) is 27.9. The van der Waals surface area contributed by atoms with Crippen molar-refractivity contribution in [3.8, 4) is 23.5 Å². The Morgan fingerprint density at radius 2 is 1.91 bits per heavy atom. The number of halogens is 3. The van der Waals surface area contributed by atoms with Gasteiger partial charge < -0.3 is 24.8 Å². The van der Waals surface area contributed by atoms with E-state index in [2.05, 4.69) is 0 Å². The summed E-state index contributed by atoms with van der Waals surface area (Å²) in [5.41, 5.74) is -7.69. The Morgan fingerprint density at radius 1 is 1.27 bits per heavy atom. The van der Waals surface area contributed by atoms with E-state index >= 15 is 0 Å². The largest absolute Gasteiger partial charge is 0.494 e. The number of fused-ring (bicyclic) bond motifs is 5. The van der Waals surface area contributed by atoms with Gasteiger partial charge in [0.05, 0.1) is 40.6 Å². The molecule has 2 bridgehead atoms. The van der Waals surface area contributed by atoms with E-state index in [-0.39, 0.29) is 29.8 Å². The fraction of sp³-hybridized carbons (Fsp3) is 0.455. The van der Waals surface area contributed by atoms with Crippen molar-refractivity contribution in [2.24, 2.45) is 0 Å². The van der Waals surface area contributed by atoms with Gasteiger partial charge in [-0.3, -0.25) is 4.57 Å². The minimum Gasteiger partial charge on any atom is -0.494 e. The Kier molecular flexibility index (Phi) is 4.79. The summed E-state index contributed by atoms with van der Waals surface area (Å²) in [5.74, 6) is -2.27. The van der Waals surface area contributed by atoms with Crippen LogP contribution in [0.2, 0.25) is 0 Å². The quantitative estimate of drug-likeness (QED) is 0.591. The molecule has 11 heteroatoms. The van der Waals surface area contributed by atoms with Crippen LogP contribution in [0.5, 0.6) is 11.8 Å². The van der Waals surface area contributed by atoms with Crippen LogP contribution in [0.1, 0.15) is 55.9 Å². The van der Waals surface area contributed by atoms with E-state index in [1.165, 1.54) is 19.9 Å². The highest BCUT2D eigenvalue weighted by atomic mass is 19.4. The van der Waals surface area contributed by atoms with E-state index in [9.17, 15) is 33.3 Å². The average molecular weight is 466 g/mol. The Balaban J connectivity index is 1.91. The average Bonchev–Trinajstić information content (AvgIpc) is 3.24. The standard InChI is InChI=1S/C22H21F3N2O6/c1-4-7-32-18(30)21(31)10-19(2)14-15(20(21,3)33-19)17(29)27(16(14)28)12-6-5-11(9-26)13(8-12)22(23,24)25/h5-6,8,28-29,31H,4,7,10H2,1-3H3/t19?,20?,21-/m1/s1. The predicted octanol–water partition coefficient (Wildman–Crippen LogP) is 3.33. The molecular weight excluding hydrogens is 445 g/mol. The first kappa shape index (κ1) is 22.9. The number of ether oxygens (including phenoxy) is 2. The topological polar surface area (TPSA) is 125 Å². The molecule has 0 aliphatic carbocycles. The first-order valence-corrected chi connectivity index (χ1v) is 10.1. The zero-order valence-corrected chi connectivity index (χ0v) is 17.9. The van der Waals surface area contributed by atoms with E-state index in [1.807, 2.05) is 0 Å². The lowest BCUT2D eigenvalue weighted by atomic mass is 9.69. The van der Waals surface area contributed by atoms with Crippen molar-refractivity contribution in [2.75, 3.05) is 6.61 Å². The maximum atomic E-state index is 13.5. The third kappa shape index (κ3) is 2.87. The van der Waals surface area contributed by atoms with Gasteiger partial charge in [-0.15, -0.1) is 0 Å². The molecule has 3 heterocycles. The number of aromatic hydroxyl groups is 2. The second kappa shape index (κ2) is 6.88. The lowest BCUT2D eigenvalue weighted by Gasteiger charge is -2.36. The van der Waals surface area contributed by atoms with Gasteiger partial charge in [-0.25, -0.2) is 4.79 Å². The summed E-state index contributed by atoms with van der Waals surface area (Å²) in [6.07, 6.45) is -4.65. The molecule has 3 N–H and O–H groups in total. The summed E-state index contributed by atoms with van der Waals surface area (Å²) in [7, 11) is 0. The van der Waals surface area contributed by atoms with Crippen LogP contribution in [-0.4, -0.2) is 38.1 Å². The van der Waals surface area contributed by atoms with Gasteiger partial charge in [-0.1, -0.05) is 6.92 Å². The zero-order chi connectivity index (χ0) is 24.6. The maximum Gasteiger partial charge on any atom is 0.417 e. The number of nitrogens with zero attached hydrogens (tertiary/aromatic N) is 2. The number of carbonyl (C=O) groups is 1. The van der Waals surface area contributed by atoms with Gasteiger partial charge in [-0.2, -0.15) is 18.4 Å². The van der Waals surface area contributed by atoms with Crippen molar-refractivity contribution in [2.45, 2.75) is 56.6 Å². The van der Waals surface area contributed by atoms with Gasteiger partial charge in [0.2, 0.25) is 11.8 Å². The van der Waals surface area contributed by atoms with Crippen LogP contribution in [0.4, 0.5) is 13.2 Å². The van der Waals surface area contributed by atoms with Gasteiger partial charge in [0.25, 0.3) is 0 Å². The second-order valence-electron chi connectivity index (χ2n) is 8.61. The summed E-state index contributed by atoms with van der Waals surface area (Å²) in [6.45, 7) is 4.66. The molecule has 2 unspecified atom stereocenters. The van der Waals surface area contributed by atoms with E-state index < -0.39 is 51.8 Å². The Bertz CT molecular complexity index is 1220. The number of hydrogen-bond donors (Lipinski definition) is 3. The van der Waals surface area contributed by atoms with Gasteiger partial charge in [0, 0.05) is 6.42 Å². The summed E-state index contributed by atoms with van der Waals surface area (Å²) >= 11 is 0. The van der Waals surface area contributed by atoms with Crippen molar-refractivity contribution in [1.82, 2.24) is 4.57 Å². The molecule has 0 amide bonds. The van der Waals surface area contributed by atoms with E-state index in [4.69, 9.17) is 14.7 Å². The van der Waals surface area contributed by atoms with Crippen LogP contribution in [0.15, 0.2) is 18.2 Å². The minimum atomic E-state index is -4.86. The molecule has 2 aromatic rings. The van der Waals surface area contributed by atoms with Gasteiger partial charge in [-0.05, 0) is 38.5 Å². The molecule has 0 radical (unpaired) electrons. The molecule has 2 aliphatic rings. The van der Waals surface area contributed by atoms with E-state index in [0.29, 0.717) is 12.5 Å². The number of benzene rings is 1. The number of hydrogen-bond acceptors (Lipinski definition) is 7. The lowest BCUT2D eigenvalue weighted by molar-refractivity contribution is -0.186. The van der Waals surface area contributed by atoms with Crippen LogP contribution >= 0.6 is 0 Å². The number of nitriles is 1. The molecule has 8 nitrogen and oxygen atoms in total. The highest BCUT2D eigenvalue weighted by molar-refractivity contribution is 5.84. The fourth-order valence-electron chi connectivity index (χ4n) is 4.95. The van der Waals surface area contributed by atoms with Crippen molar-refractivity contribution in [3.63, 3.8) is 0 Å². The second-order valence-corrected chi connectivity index (χ2v) is 8.61. The van der Waals surface area contributed by atoms with Crippen molar-refractivity contribution < 1.29 is 42.8 Å². The van der Waals surface area contributed by atoms with Crippen LogP contribution in [0.25, 0.3) is 5.69 Å².